The molecular weight excluding hydrogens is 266 g/mol. The van der Waals surface area contributed by atoms with E-state index >= 15 is 0 Å². The van der Waals surface area contributed by atoms with E-state index in [1.165, 1.54) is 6.07 Å². The third kappa shape index (κ3) is 2.64. The van der Waals surface area contributed by atoms with Gasteiger partial charge in [-0.15, -0.1) is 0 Å². The van der Waals surface area contributed by atoms with E-state index in [2.05, 4.69) is 0 Å². The molecule has 1 fully saturated rings. The number of hydrogen-bond donors (Lipinski definition) is 1. The fraction of sp³-hybridized carbons (Fsp3) is 0.462. The summed E-state index contributed by atoms with van der Waals surface area (Å²) < 4.78 is 26.1. The minimum absolute atomic E-state index is 0.181. The molecule has 1 unspecified atom stereocenters. The van der Waals surface area contributed by atoms with Crippen LogP contribution in [0.4, 0.5) is 0 Å². The Morgan fingerprint density at radius 3 is 2.84 bits per heavy atom. The Morgan fingerprint density at radius 2 is 2.21 bits per heavy atom. The van der Waals surface area contributed by atoms with Gasteiger partial charge in [0.05, 0.1) is 4.90 Å². The molecule has 6 heteroatoms. The summed E-state index contributed by atoms with van der Waals surface area (Å²) in [4.78, 5) is 11.3. The maximum Gasteiger partial charge on any atom is 0.322 e. The largest absolute Gasteiger partial charge is 0.480 e. The summed E-state index contributed by atoms with van der Waals surface area (Å²) >= 11 is 0. The van der Waals surface area contributed by atoms with Gasteiger partial charge in [-0.1, -0.05) is 19.1 Å². The van der Waals surface area contributed by atoms with Crippen molar-refractivity contribution in [3.63, 3.8) is 0 Å². The zero-order valence-electron chi connectivity index (χ0n) is 10.7. The zero-order chi connectivity index (χ0) is 14.0. The molecule has 1 aliphatic rings. The summed E-state index contributed by atoms with van der Waals surface area (Å²) in [6.07, 6.45) is 1.71. The molecule has 19 heavy (non-hydrogen) atoms. The van der Waals surface area contributed by atoms with Crippen molar-refractivity contribution in [1.82, 2.24) is 4.31 Å². The number of nitrogens with zero attached hydrogens (tertiary/aromatic N) is 1. The van der Waals surface area contributed by atoms with E-state index in [1.54, 1.807) is 12.1 Å². The molecule has 1 aliphatic heterocycles. The van der Waals surface area contributed by atoms with Crippen molar-refractivity contribution in [3.8, 4) is 0 Å². The van der Waals surface area contributed by atoms with Crippen LogP contribution in [0, 0.1) is 0 Å². The van der Waals surface area contributed by atoms with Crippen LogP contribution in [0.5, 0.6) is 0 Å². The predicted octanol–water partition coefficient (Wildman–Crippen LogP) is 1.49. The van der Waals surface area contributed by atoms with Crippen molar-refractivity contribution in [2.45, 2.75) is 37.1 Å². The lowest BCUT2D eigenvalue weighted by Crippen LogP contribution is -2.40. The first-order valence-electron chi connectivity index (χ1n) is 6.30. The average Bonchev–Trinajstić information content (AvgIpc) is 2.89. The van der Waals surface area contributed by atoms with Crippen molar-refractivity contribution >= 4 is 16.0 Å². The van der Waals surface area contributed by atoms with Gasteiger partial charge >= 0.3 is 5.97 Å². The highest BCUT2D eigenvalue weighted by atomic mass is 32.2. The standard InChI is InChI=1S/C13H17NO4S/c1-2-10-5-3-6-11(9-10)19(17,18)14-8-4-7-12(14)13(15)16/h3,5-6,9,12H,2,4,7-8H2,1H3,(H,15,16). The number of carbonyl (C=O) groups is 1. The van der Waals surface area contributed by atoms with Gasteiger partial charge < -0.3 is 5.11 Å². The molecule has 1 atom stereocenters. The molecular formula is C13H17NO4S. The Kier molecular flexibility index (Phi) is 3.91. The Balaban J connectivity index is 2.38. The number of rotatable bonds is 4. The molecule has 1 aromatic carbocycles. The molecule has 1 saturated heterocycles. The highest BCUT2D eigenvalue weighted by Crippen LogP contribution is 2.26. The van der Waals surface area contributed by atoms with Gasteiger partial charge in [-0.2, -0.15) is 4.31 Å². The van der Waals surface area contributed by atoms with Gasteiger partial charge in [-0.3, -0.25) is 4.79 Å². The quantitative estimate of drug-likeness (QED) is 0.908. The predicted molar refractivity (Wildman–Crippen MR) is 70.4 cm³/mol. The molecule has 1 aromatic rings. The maximum atomic E-state index is 12.5. The van der Waals surface area contributed by atoms with Gasteiger partial charge in [-0.25, -0.2) is 8.42 Å². The van der Waals surface area contributed by atoms with E-state index < -0.39 is 22.0 Å². The first kappa shape index (κ1) is 14.0. The third-order valence-corrected chi connectivity index (χ3v) is 5.31. The number of carboxylic acid groups (broad SMARTS) is 1. The van der Waals surface area contributed by atoms with Gasteiger partial charge in [0.1, 0.15) is 6.04 Å². The minimum Gasteiger partial charge on any atom is -0.480 e. The maximum absolute atomic E-state index is 12.5. The SMILES string of the molecule is CCc1cccc(S(=O)(=O)N2CCCC2C(=O)O)c1. The first-order valence-corrected chi connectivity index (χ1v) is 7.74. The lowest BCUT2D eigenvalue weighted by molar-refractivity contribution is -0.140. The van der Waals surface area contributed by atoms with Crippen molar-refractivity contribution < 1.29 is 18.3 Å². The summed E-state index contributed by atoms with van der Waals surface area (Å²) in [5.74, 6) is -1.08. The Hall–Kier alpha value is -1.40. The Morgan fingerprint density at radius 1 is 1.47 bits per heavy atom. The first-order chi connectivity index (χ1) is 8.96. The van der Waals surface area contributed by atoms with Crippen LogP contribution in [0.2, 0.25) is 0 Å². The van der Waals surface area contributed by atoms with Crippen LogP contribution in [-0.4, -0.2) is 36.4 Å². The fourth-order valence-electron chi connectivity index (χ4n) is 2.34. The van der Waals surface area contributed by atoms with Crippen LogP contribution in [0.1, 0.15) is 25.3 Å². The summed E-state index contributed by atoms with van der Waals surface area (Å²) in [6.45, 7) is 2.22. The van der Waals surface area contributed by atoms with Crippen molar-refractivity contribution in [1.29, 1.82) is 0 Å². The number of aryl methyl sites for hydroxylation is 1. The number of aliphatic carboxylic acids is 1. The average molecular weight is 283 g/mol. The summed E-state index contributed by atoms with van der Waals surface area (Å²) in [7, 11) is -3.71. The van der Waals surface area contributed by atoms with Crippen LogP contribution >= 0.6 is 0 Å². The number of sulfonamides is 1. The monoisotopic (exact) mass is 283 g/mol. The van der Waals surface area contributed by atoms with Crippen molar-refractivity contribution in [3.05, 3.63) is 29.8 Å². The third-order valence-electron chi connectivity index (χ3n) is 3.40. The topological polar surface area (TPSA) is 74.7 Å². The summed E-state index contributed by atoms with van der Waals surface area (Å²) in [5.41, 5.74) is 0.923. The molecule has 1 N–H and O–H groups in total. The van der Waals surface area contributed by atoms with E-state index in [1.807, 2.05) is 13.0 Å². The lowest BCUT2D eigenvalue weighted by Gasteiger charge is -2.21. The molecule has 0 aliphatic carbocycles. The molecule has 0 amide bonds. The minimum atomic E-state index is -3.71. The van der Waals surface area contributed by atoms with Crippen LogP contribution < -0.4 is 0 Å². The van der Waals surface area contributed by atoms with E-state index in [0.717, 1.165) is 16.3 Å². The second-order valence-corrected chi connectivity index (χ2v) is 6.50. The zero-order valence-corrected chi connectivity index (χ0v) is 11.6. The van der Waals surface area contributed by atoms with Crippen molar-refractivity contribution in [2.75, 3.05) is 6.54 Å². The fourth-order valence-corrected chi connectivity index (χ4v) is 4.06. The summed E-state index contributed by atoms with van der Waals surface area (Å²) in [5, 5.41) is 9.09. The molecule has 104 valence electrons. The second kappa shape index (κ2) is 5.30. The van der Waals surface area contributed by atoms with E-state index in [9.17, 15) is 13.2 Å². The molecule has 5 nitrogen and oxygen atoms in total. The summed E-state index contributed by atoms with van der Waals surface area (Å²) in [6, 6.07) is 5.75. The Bertz CT molecular complexity index is 582. The lowest BCUT2D eigenvalue weighted by atomic mass is 10.2. The highest BCUT2D eigenvalue weighted by molar-refractivity contribution is 7.89. The van der Waals surface area contributed by atoms with E-state index in [4.69, 9.17) is 5.11 Å². The molecule has 0 saturated carbocycles. The Labute approximate surface area is 112 Å². The van der Waals surface area contributed by atoms with Crippen LogP contribution in [-0.2, 0) is 21.2 Å². The molecule has 2 rings (SSSR count). The van der Waals surface area contributed by atoms with Gasteiger partial charge in [0.2, 0.25) is 10.0 Å². The number of hydrogen-bond acceptors (Lipinski definition) is 3. The second-order valence-electron chi connectivity index (χ2n) is 4.61. The number of benzene rings is 1. The van der Waals surface area contributed by atoms with E-state index in [-0.39, 0.29) is 11.4 Å². The molecule has 0 bridgehead atoms. The normalized spacial score (nSPS) is 20.6. The van der Waals surface area contributed by atoms with Gasteiger partial charge in [0.25, 0.3) is 0 Å². The molecule has 1 heterocycles. The molecule has 0 spiro atoms. The van der Waals surface area contributed by atoms with Crippen LogP contribution in [0.3, 0.4) is 0 Å². The highest BCUT2D eigenvalue weighted by Gasteiger charge is 2.39. The smallest absolute Gasteiger partial charge is 0.322 e. The van der Waals surface area contributed by atoms with Gasteiger partial charge in [0.15, 0.2) is 0 Å². The van der Waals surface area contributed by atoms with Crippen LogP contribution in [0.15, 0.2) is 29.2 Å². The van der Waals surface area contributed by atoms with Crippen LogP contribution in [0.25, 0.3) is 0 Å². The van der Waals surface area contributed by atoms with Crippen molar-refractivity contribution in [2.24, 2.45) is 0 Å². The van der Waals surface area contributed by atoms with Gasteiger partial charge in [-0.05, 0) is 37.0 Å². The molecule has 0 aromatic heterocycles. The van der Waals surface area contributed by atoms with E-state index in [0.29, 0.717) is 12.8 Å². The number of carboxylic acids is 1. The van der Waals surface area contributed by atoms with Gasteiger partial charge in [0, 0.05) is 6.54 Å². The molecule has 0 radical (unpaired) electrons.